The van der Waals surface area contributed by atoms with E-state index >= 15 is 0 Å². The molecule has 1 aromatic rings. The van der Waals surface area contributed by atoms with Gasteiger partial charge in [-0.15, -0.1) is 15.9 Å². The molecule has 0 aliphatic carbocycles. The minimum Gasteiger partial charge on any atom is -0.491 e. The average molecular weight is 416 g/mol. The summed E-state index contributed by atoms with van der Waals surface area (Å²) in [7, 11) is 2.97. The molecule has 0 amide bonds. The van der Waals surface area contributed by atoms with Gasteiger partial charge in [0.15, 0.2) is 17.4 Å². The van der Waals surface area contributed by atoms with Gasteiger partial charge in [-0.1, -0.05) is 34.5 Å². The van der Waals surface area contributed by atoms with Crippen molar-refractivity contribution in [2.45, 2.75) is 0 Å². The fourth-order valence-electron chi connectivity index (χ4n) is 1.78. The number of methoxy groups -OCH3 is 1. The Kier molecular flexibility index (Phi) is 6.11. The van der Waals surface area contributed by atoms with Crippen molar-refractivity contribution in [1.82, 2.24) is 4.90 Å². The molecule has 0 aromatic heterocycles. The molecule has 0 atom stereocenters. The minimum atomic E-state index is -0.751. The van der Waals surface area contributed by atoms with Gasteiger partial charge in [0.05, 0.1) is 7.11 Å². The van der Waals surface area contributed by atoms with Crippen molar-refractivity contribution in [3.8, 4) is 5.75 Å². The number of nitrogens with zero attached hydrogens (tertiary/aromatic N) is 1. The first kappa shape index (κ1) is 17.5. The van der Waals surface area contributed by atoms with E-state index in [2.05, 4.69) is 33.3 Å². The average Bonchev–Trinajstić information content (AvgIpc) is 2.35. The second kappa shape index (κ2) is 6.96. The molecule has 0 saturated heterocycles. The number of hydrogen-bond donors (Lipinski definition) is 0. The topological polar surface area (TPSA) is 12.5 Å². The Hall–Kier alpha value is -0.516. The number of hydrogen-bond acceptors (Lipinski definition) is 2. The number of ether oxygens (including phenoxy) is 1. The van der Waals surface area contributed by atoms with Gasteiger partial charge in [0, 0.05) is 39.8 Å². The fourth-order valence-corrected chi connectivity index (χ4v) is 2.16. The quantitative estimate of drug-likeness (QED) is 0.680. The van der Waals surface area contributed by atoms with Crippen molar-refractivity contribution in [2.24, 2.45) is 0 Å². The van der Waals surface area contributed by atoms with Crippen LogP contribution in [0.15, 0.2) is 35.0 Å². The molecule has 1 aliphatic heterocycles. The van der Waals surface area contributed by atoms with Crippen LogP contribution in [-0.2, 0) is 32.7 Å². The summed E-state index contributed by atoms with van der Waals surface area (Å²) in [5.41, 5.74) is 1.59. The number of rotatable bonds is 2. The minimum absolute atomic E-state index is 0. The second-order valence-corrected chi connectivity index (χ2v) is 4.82. The summed E-state index contributed by atoms with van der Waals surface area (Å²) < 4.78 is 32.8. The zero-order valence-corrected chi connectivity index (χ0v) is 15.4. The van der Waals surface area contributed by atoms with Gasteiger partial charge in [-0.2, -0.15) is 12.2 Å². The molecule has 0 saturated carbocycles. The third-order valence-electron chi connectivity index (χ3n) is 2.83. The number of benzene rings is 1. The summed E-state index contributed by atoms with van der Waals surface area (Å²) in [6.45, 7) is 3.87. The normalized spacial score (nSPS) is 14.4. The molecule has 2 rings (SSSR count). The van der Waals surface area contributed by atoms with E-state index in [4.69, 9.17) is 0 Å². The van der Waals surface area contributed by atoms with Crippen LogP contribution in [0.25, 0.3) is 5.70 Å². The van der Waals surface area contributed by atoms with Gasteiger partial charge in [0.25, 0.3) is 0 Å². The zero-order chi connectivity index (χ0) is 14.2. The molecule has 0 fully saturated rings. The van der Waals surface area contributed by atoms with E-state index in [1.54, 1.807) is 18.0 Å². The number of likely N-dealkylation sites (N-methyl/N-ethyl adjacent to an activating group) is 1. The van der Waals surface area contributed by atoms with Crippen molar-refractivity contribution in [3.63, 3.8) is 0 Å². The van der Waals surface area contributed by atoms with Crippen LogP contribution in [0.1, 0.15) is 5.56 Å². The Balaban J connectivity index is 0.00000200. The van der Waals surface area contributed by atoms with Gasteiger partial charge in [-0.25, -0.2) is 8.78 Å². The molecule has 1 radical (unpaired) electrons. The first-order chi connectivity index (χ1) is 8.95. The fraction of sp³-hybridized carbons (Fsp3) is 0.143. The molecular formula is C14H11BrF2NOY-. The van der Waals surface area contributed by atoms with Crippen LogP contribution in [0.3, 0.4) is 0 Å². The Labute approximate surface area is 150 Å². The van der Waals surface area contributed by atoms with Crippen LogP contribution < -0.4 is 4.74 Å². The first-order valence-electron chi connectivity index (χ1n) is 5.41. The maximum absolute atomic E-state index is 13.7. The van der Waals surface area contributed by atoms with E-state index in [1.807, 2.05) is 0 Å². The van der Waals surface area contributed by atoms with Crippen LogP contribution in [0.5, 0.6) is 5.75 Å². The molecule has 0 bridgehead atoms. The van der Waals surface area contributed by atoms with Crippen molar-refractivity contribution in [2.75, 3.05) is 14.2 Å². The monoisotopic (exact) mass is 415 g/mol. The van der Waals surface area contributed by atoms with Gasteiger partial charge >= 0.3 is 0 Å². The van der Waals surface area contributed by atoms with Gasteiger partial charge in [-0.05, 0) is 5.70 Å². The Morgan fingerprint density at radius 3 is 2.35 bits per heavy atom. The summed E-state index contributed by atoms with van der Waals surface area (Å²) >= 11 is 3.32. The largest absolute Gasteiger partial charge is 0.491 e. The number of halogens is 3. The molecule has 2 nitrogen and oxygen atoms in total. The van der Waals surface area contributed by atoms with Crippen LogP contribution in [0.4, 0.5) is 8.78 Å². The van der Waals surface area contributed by atoms with Crippen molar-refractivity contribution in [1.29, 1.82) is 0 Å². The van der Waals surface area contributed by atoms with Gasteiger partial charge in [-0.3, -0.25) is 0 Å². The summed E-state index contributed by atoms with van der Waals surface area (Å²) in [5.74, 6) is -1.89. The Morgan fingerprint density at radius 1 is 1.30 bits per heavy atom. The maximum atomic E-state index is 13.7. The van der Waals surface area contributed by atoms with Crippen LogP contribution in [-0.4, -0.2) is 19.1 Å². The standard InChI is InChI=1S/C14H11BrF2NO.Y/c1-8-10(15)4-5-13(18(8)2)9-6-11(16)14(19-3)12(17)7-9;/h4,6-7H,1H2,2-3H3;/q-1;. The SMILES string of the molecule is C=C1C(Br)=C[C-]=C(c2cc(F)c(OC)c(F)c2)N1C.[Y]. The van der Waals surface area contributed by atoms with E-state index in [1.165, 1.54) is 19.2 Å². The van der Waals surface area contributed by atoms with Crippen LogP contribution in [0, 0.1) is 17.7 Å². The van der Waals surface area contributed by atoms with Crippen molar-refractivity contribution >= 4 is 21.6 Å². The van der Waals surface area contributed by atoms with Crippen LogP contribution >= 0.6 is 15.9 Å². The molecule has 1 aliphatic rings. The van der Waals surface area contributed by atoms with E-state index in [0.29, 0.717) is 17.0 Å². The second-order valence-electron chi connectivity index (χ2n) is 3.96. The smallest absolute Gasteiger partial charge is 0.188 e. The summed E-state index contributed by atoms with van der Waals surface area (Å²) in [6, 6.07) is 2.42. The van der Waals surface area contributed by atoms with Crippen LogP contribution in [0.2, 0.25) is 0 Å². The van der Waals surface area contributed by atoms with E-state index in [9.17, 15) is 8.78 Å². The zero-order valence-electron chi connectivity index (χ0n) is 11.0. The summed E-state index contributed by atoms with van der Waals surface area (Å²) in [6.07, 6.45) is 4.62. The molecule has 0 unspecified atom stereocenters. The predicted molar refractivity (Wildman–Crippen MR) is 73.5 cm³/mol. The van der Waals surface area contributed by atoms with Crippen molar-refractivity contribution in [3.05, 3.63) is 58.2 Å². The van der Waals surface area contributed by atoms with E-state index in [0.717, 1.165) is 4.48 Å². The molecule has 20 heavy (non-hydrogen) atoms. The van der Waals surface area contributed by atoms with Gasteiger partial charge < -0.3 is 9.64 Å². The third-order valence-corrected chi connectivity index (χ3v) is 3.51. The maximum Gasteiger partial charge on any atom is 0.188 e. The van der Waals surface area contributed by atoms with Crippen molar-refractivity contribution < 1.29 is 46.2 Å². The van der Waals surface area contributed by atoms with E-state index < -0.39 is 17.4 Å². The molecule has 6 heteroatoms. The third kappa shape index (κ3) is 3.21. The molecule has 1 aromatic carbocycles. The molecule has 0 N–H and O–H groups in total. The van der Waals surface area contributed by atoms with E-state index in [-0.39, 0.29) is 32.7 Å². The predicted octanol–water partition coefficient (Wildman–Crippen LogP) is 3.85. The molecule has 1 heterocycles. The van der Waals surface area contributed by atoms with Gasteiger partial charge in [0.1, 0.15) is 0 Å². The summed E-state index contributed by atoms with van der Waals surface area (Å²) in [5, 5.41) is 0. The Bertz CT molecular complexity index is 590. The number of allylic oxidation sites excluding steroid dienone is 3. The molecule has 0 spiro atoms. The summed E-state index contributed by atoms with van der Waals surface area (Å²) in [4.78, 5) is 1.70. The Morgan fingerprint density at radius 2 is 1.85 bits per heavy atom. The first-order valence-corrected chi connectivity index (χ1v) is 6.20. The molecular weight excluding hydrogens is 405 g/mol. The van der Waals surface area contributed by atoms with Gasteiger partial charge in [0.2, 0.25) is 0 Å². The molecule has 103 valence electrons.